The number of carbonyl (C=O) groups excluding carboxylic acids is 3. The average molecular weight is 532 g/mol. The van der Waals surface area contributed by atoms with Gasteiger partial charge in [-0.25, -0.2) is 10.2 Å². The number of nitrogens with one attached hydrogen (secondary N) is 2. The smallest absolute Gasteiger partial charge is 0.379 e. The first kappa shape index (κ1) is 23.7. The highest BCUT2D eigenvalue weighted by Crippen LogP contribution is 2.23. The number of benzene rings is 3. The fourth-order valence-electron chi connectivity index (χ4n) is 3.01. The van der Waals surface area contributed by atoms with Crippen LogP contribution in [0.1, 0.15) is 36.8 Å². The summed E-state index contributed by atoms with van der Waals surface area (Å²) >= 11 is 3.36. The Kier molecular flexibility index (Phi) is 7.49. The first-order valence-electron chi connectivity index (χ1n) is 10.3. The summed E-state index contributed by atoms with van der Waals surface area (Å²) in [5.74, 6) is -1.14. The van der Waals surface area contributed by atoms with E-state index in [-0.39, 0.29) is 17.4 Å². The zero-order valence-corrected chi connectivity index (χ0v) is 19.7. The van der Waals surface area contributed by atoms with Gasteiger partial charge in [0, 0.05) is 26.9 Å². The fourth-order valence-corrected chi connectivity index (χ4v) is 3.39. The van der Waals surface area contributed by atoms with Crippen LogP contribution in [0.25, 0.3) is 0 Å². The predicted octanol–water partition coefficient (Wildman–Crippen LogP) is 5.28. The minimum absolute atomic E-state index is 0.0587. The molecule has 174 valence electrons. The lowest BCUT2D eigenvalue weighted by atomic mass is 10.1. The molecule has 3 aromatic carbocycles. The van der Waals surface area contributed by atoms with Crippen molar-refractivity contribution in [3.05, 3.63) is 118 Å². The monoisotopic (exact) mass is 531 g/mol. The summed E-state index contributed by atoms with van der Waals surface area (Å²) < 4.78 is 11.2. The van der Waals surface area contributed by atoms with Crippen LogP contribution < -0.4 is 15.5 Å². The molecule has 0 radical (unpaired) electrons. The third-order valence-corrected chi connectivity index (χ3v) is 5.18. The molecule has 0 saturated heterocycles. The molecular formula is C26H18BrN3O5. The molecule has 0 saturated carbocycles. The van der Waals surface area contributed by atoms with Gasteiger partial charge in [-0.2, -0.15) is 5.10 Å². The Morgan fingerprint density at radius 2 is 1.66 bits per heavy atom. The molecule has 0 aliphatic rings. The number of furan rings is 1. The molecule has 1 aromatic heterocycles. The van der Waals surface area contributed by atoms with Gasteiger partial charge in [-0.05, 0) is 60.7 Å². The molecular weight excluding hydrogens is 514 g/mol. The van der Waals surface area contributed by atoms with Crippen LogP contribution in [0, 0.1) is 0 Å². The standard InChI is InChI=1S/C26H18BrN3O5/c27-20-11-12-22(35-26(33)23-10-5-13-34-23)19(14-20)16-28-30-25(32)18-8-4-9-21(15-18)29-24(31)17-6-2-1-3-7-17/h1-16H,(H,29,31)(H,30,32). The second-order valence-electron chi connectivity index (χ2n) is 7.15. The summed E-state index contributed by atoms with van der Waals surface area (Å²) in [6, 6.07) is 23.3. The maximum Gasteiger partial charge on any atom is 0.379 e. The van der Waals surface area contributed by atoms with E-state index in [9.17, 15) is 14.4 Å². The van der Waals surface area contributed by atoms with E-state index in [1.165, 1.54) is 18.5 Å². The van der Waals surface area contributed by atoms with E-state index < -0.39 is 11.9 Å². The lowest BCUT2D eigenvalue weighted by Gasteiger charge is -2.08. The zero-order valence-electron chi connectivity index (χ0n) is 18.1. The molecule has 2 amide bonds. The summed E-state index contributed by atoms with van der Waals surface area (Å²) in [7, 11) is 0. The molecule has 0 atom stereocenters. The van der Waals surface area contributed by atoms with E-state index in [0.29, 0.717) is 22.4 Å². The van der Waals surface area contributed by atoms with E-state index >= 15 is 0 Å². The van der Waals surface area contributed by atoms with Gasteiger partial charge in [-0.15, -0.1) is 0 Å². The largest absolute Gasteiger partial charge is 0.457 e. The highest BCUT2D eigenvalue weighted by atomic mass is 79.9. The number of esters is 1. The number of carbonyl (C=O) groups is 3. The third kappa shape index (κ3) is 6.30. The summed E-state index contributed by atoms with van der Waals surface area (Å²) in [5, 5.41) is 6.74. The normalized spacial score (nSPS) is 10.7. The van der Waals surface area contributed by atoms with Crippen molar-refractivity contribution in [2.45, 2.75) is 0 Å². The highest BCUT2D eigenvalue weighted by Gasteiger charge is 2.14. The molecule has 0 bridgehead atoms. The molecule has 0 aliphatic heterocycles. The van der Waals surface area contributed by atoms with Crippen molar-refractivity contribution in [2.75, 3.05) is 5.32 Å². The van der Waals surface area contributed by atoms with E-state index in [0.717, 1.165) is 4.47 Å². The van der Waals surface area contributed by atoms with Crippen molar-refractivity contribution < 1.29 is 23.5 Å². The van der Waals surface area contributed by atoms with Gasteiger partial charge in [-0.3, -0.25) is 9.59 Å². The summed E-state index contributed by atoms with van der Waals surface area (Å²) in [4.78, 5) is 37.1. The van der Waals surface area contributed by atoms with Gasteiger partial charge < -0.3 is 14.5 Å². The maximum absolute atomic E-state index is 12.6. The van der Waals surface area contributed by atoms with Crippen LogP contribution in [0.2, 0.25) is 0 Å². The number of hydrogen-bond acceptors (Lipinski definition) is 6. The van der Waals surface area contributed by atoms with Crippen molar-refractivity contribution in [1.29, 1.82) is 0 Å². The van der Waals surface area contributed by atoms with Crippen molar-refractivity contribution in [3.63, 3.8) is 0 Å². The van der Waals surface area contributed by atoms with Crippen LogP contribution in [-0.4, -0.2) is 24.0 Å². The topological polar surface area (TPSA) is 110 Å². The second-order valence-corrected chi connectivity index (χ2v) is 8.06. The lowest BCUT2D eigenvalue weighted by Crippen LogP contribution is -2.18. The lowest BCUT2D eigenvalue weighted by molar-refractivity contribution is 0.0700. The average Bonchev–Trinajstić information content (AvgIpc) is 3.41. The molecule has 0 fully saturated rings. The Morgan fingerprint density at radius 3 is 2.43 bits per heavy atom. The van der Waals surface area contributed by atoms with Crippen molar-refractivity contribution in [1.82, 2.24) is 5.43 Å². The van der Waals surface area contributed by atoms with Crippen LogP contribution in [-0.2, 0) is 0 Å². The van der Waals surface area contributed by atoms with Gasteiger partial charge in [0.15, 0.2) is 0 Å². The molecule has 0 unspecified atom stereocenters. The molecule has 0 aliphatic carbocycles. The number of nitrogens with zero attached hydrogens (tertiary/aromatic N) is 1. The first-order valence-corrected chi connectivity index (χ1v) is 11.1. The SMILES string of the molecule is O=C(NN=Cc1cc(Br)ccc1OC(=O)c1ccco1)c1cccc(NC(=O)c2ccccc2)c1. The molecule has 9 heteroatoms. The van der Waals surface area contributed by atoms with Gasteiger partial charge in [0.25, 0.3) is 11.8 Å². The van der Waals surface area contributed by atoms with Crippen molar-refractivity contribution >= 4 is 45.6 Å². The van der Waals surface area contributed by atoms with Crippen molar-refractivity contribution in [2.24, 2.45) is 5.10 Å². The van der Waals surface area contributed by atoms with Crippen LogP contribution in [0.5, 0.6) is 5.75 Å². The molecule has 2 N–H and O–H groups in total. The minimum Gasteiger partial charge on any atom is -0.457 e. The van der Waals surface area contributed by atoms with Gasteiger partial charge in [-0.1, -0.05) is 40.2 Å². The fraction of sp³-hybridized carbons (Fsp3) is 0. The van der Waals surface area contributed by atoms with E-state index in [1.54, 1.807) is 72.8 Å². The van der Waals surface area contributed by atoms with Gasteiger partial charge in [0.05, 0.1) is 12.5 Å². The van der Waals surface area contributed by atoms with E-state index in [4.69, 9.17) is 9.15 Å². The first-order chi connectivity index (χ1) is 17.0. The van der Waals surface area contributed by atoms with Crippen molar-refractivity contribution in [3.8, 4) is 5.75 Å². The predicted molar refractivity (Wildman–Crippen MR) is 134 cm³/mol. The van der Waals surface area contributed by atoms with E-state index in [2.05, 4.69) is 31.8 Å². The number of halogens is 1. The Balaban J connectivity index is 1.42. The Bertz CT molecular complexity index is 1390. The molecule has 4 rings (SSSR count). The number of anilines is 1. The number of hydrogen-bond donors (Lipinski definition) is 2. The maximum atomic E-state index is 12.6. The van der Waals surface area contributed by atoms with Gasteiger partial charge >= 0.3 is 5.97 Å². The Labute approximate surface area is 208 Å². The Hall–Kier alpha value is -4.50. The van der Waals surface area contributed by atoms with Crippen LogP contribution in [0.4, 0.5) is 5.69 Å². The quantitative estimate of drug-likeness (QED) is 0.146. The Morgan fingerprint density at radius 1 is 0.857 bits per heavy atom. The minimum atomic E-state index is -0.662. The van der Waals surface area contributed by atoms with E-state index in [1.807, 2.05) is 6.07 Å². The summed E-state index contributed by atoms with van der Waals surface area (Å²) in [6.07, 6.45) is 2.73. The van der Waals surface area contributed by atoms with Crippen LogP contribution in [0.15, 0.2) is 105 Å². The number of ether oxygens (including phenoxy) is 1. The molecule has 8 nitrogen and oxygen atoms in total. The zero-order chi connectivity index (χ0) is 24.6. The number of rotatable bonds is 7. The second kappa shape index (κ2) is 11.1. The molecule has 1 heterocycles. The molecule has 0 spiro atoms. The van der Waals surface area contributed by atoms with Gasteiger partial charge in [0.1, 0.15) is 5.75 Å². The molecule has 35 heavy (non-hydrogen) atoms. The number of amides is 2. The number of hydrazone groups is 1. The van der Waals surface area contributed by atoms with Crippen LogP contribution >= 0.6 is 15.9 Å². The van der Waals surface area contributed by atoms with Gasteiger partial charge in [0.2, 0.25) is 5.76 Å². The van der Waals surface area contributed by atoms with Crippen LogP contribution in [0.3, 0.4) is 0 Å². The summed E-state index contributed by atoms with van der Waals surface area (Å²) in [6.45, 7) is 0. The summed E-state index contributed by atoms with van der Waals surface area (Å²) in [5.41, 5.74) is 4.15. The molecule has 4 aromatic rings. The third-order valence-electron chi connectivity index (χ3n) is 4.69. The highest BCUT2D eigenvalue weighted by molar-refractivity contribution is 9.10.